The molecule has 2 heterocycles. The van der Waals surface area contributed by atoms with Crippen LogP contribution in [0.2, 0.25) is 0 Å². The Labute approximate surface area is 111 Å². The molecule has 0 aliphatic carbocycles. The van der Waals surface area contributed by atoms with Gasteiger partial charge in [0.25, 0.3) is 5.91 Å². The second-order valence-corrected chi connectivity index (χ2v) is 4.39. The summed E-state index contributed by atoms with van der Waals surface area (Å²) in [5, 5.41) is 2.89. The number of nitrogens with two attached hydrogens (primary N) is 1. The molecule has 19 heavy (non-hydrogen) atoms. The third-order valence-electron chi connectivity index (χ3n) is 2.87. The fourth-order valence-corrected chi connectivity index (χ4v) is 1.78. The van der Waals surface area contributed by atoms with Crippen molar-refractivity contribution in [3.05, 3.63) is 53.6 Å². The van der Waals surface area contributed by atoms with Crippen LogP contribution < -0.4 is 11.1 Å². The molecule has 0 saturated carbocycles. The molecule has 1 atom stereocenters. The van der Waals surface area contributed by atoms with Crippen LogP contribution in [0.4, 0.5) is 5.69 Å². The molecule has 2 rings (SSSR count). The van der Waals surface area contributed by atoms with Crippen LogP contribution in [-0.2, 0) is 0 Å². The second-order valence-electron chi connectivity index (χ2n) is 4.39. The van der Waals surface area contributed by atoms with Gasteiger partial charge >= 0.3 is 0 Å². The summed E-state index contributed by atoms with van der Waals surface area (Å²) in [7, 11) is 0. The highest BCUT2D eigenvalue weighted by Gasteiger charge is 2.14. The number of carbonyl (C=O) groups excluding carboxylic acids is 1. The van der Waals surface area contributed by atoms with Crippen molar-refractivity contribution in [2.75, 3.05) is 5.73 Å². The number of rotatable bonds is 3. The van der Waals surface area contributed by atoms with Crippen molar-refractivity contribution in [2.45, 2.75) is 19.9 Å². The van der Waals surface area contributed by atoms with Crippen LogP contribution in [0.1, 0.15) is 34.6 Å². The van der Waals surface area contributed by atoms with E-state index in [4.69, 9.17) is 5.73 Å². The molecular weight excluding hydrogens is 240 g/mol. The predicted octanol–water partition coefficient (Wildman–Crippen LogP) is 1.86. The standard InChI is InChI=1S/C14H16N4O/c1-9-7-13(15)12(8-17-9)14(19)18-10(2)11-3-5-16-6-4-11/h3-8,10H,1-2H3,(H2,15,17)(H,18,19). The number of nitrogens with one attached hydrogen (secondary N) is 1. The molecule has 2 aromatic rings. The third kappa shape index (κ3) is 3.07. The molecule has 98 valence electrons. The third-order valence-corrected chi connectivity index (χ3v) is 2.87. The van der Waals surface area contributed by atoms with Gasteiger partial charge < -0.3 is 11.1 Å². The first-order valence-electron chi connectivity index (χ1n) is 6.01. The minimum absolute atomic E-state index is 0.115. The minimum Gasteiger partial charge on any atom is -0.398 e. The predicted molar refractivity (Wildman–Crippen MR) is 73.5 cm³/mol. The van der Waals surface area contributed by atoms with Crippen molar-refractivity contribution >= 4 is 11.6 Å². The monoisotopic (exact) mass is 256 g/mol. The summed E-state index contributed by atoms with van der Waals surface area (Å²) in [6.45, 7) is 3.74. The highest BCUT2D eigenvalue weighted by molar-refractivity contribution is 5.99. The number of nitrogens with zero attached hydrogens (tertiary/aromatic N) is 2. The van der Waals surface area contributed by atoms with Crippen molar-refractivity contribution in [2.24, 2.45) is 0 Å². The highest BCUT2D eigenvalue weighted by Crippen LogP contribution is 2.15. The van der Waals surface area contributed by atoms with Gasteiger partial charge in [-0.05, 0) is 37.6 Å². The smallest absolute Gasteiger partial charge is 0.255 e. The van der Waals surface area contributed by atoms with E-state index in [-0.39, 0.29) is 11.9 Å². The summed E-state index contributed by atoms with van der Waals surface area (Å²) < 4.78 is 0. The first kappa shape index (κ1) is 13.0. The molecule has 0 aliphatic heterocycles. The van der Waals surface area contributed by atoms with E-state index in [0.29, 0.717) is 11.3 Å². The summed E-state index contributed by atoms with van der Waals surface area (Å²) in [6, 6.07) is 5.30. The SMILES string of the molecule is Cc1cc(N)c(C(=O)NC(C)c2ccncc2)cn1. The van der Waals surface area contributed by atoms with Crippen LogP contribution in [0, 0.1) is 6.92 Å². The Morgan fingerprint density at radius 1 is 1.37 bits per heavy atom. The van der Waals surface area contributed by atoms with E-state index >= 15 is 0 Å². The zero-order valence-corrected chi connectivity index (χ0v) is 10.9. The van der Waals surface area contributed by atoms with Gasteiger partial charge in [0, 0.05) is 30.0 Å². The number of hydrogen-bond acceptors (Lipinski definition) is 4. The summed E-state index contributed by atoms with van der Waals surface area (Å²) >= 11 is 0. The molecule has 3 N–H and O–H groups in total. The van der Waals surface area contributed by atoms with Crippen LogP contribution in [0.5, 0.6) is 0 Å². The number of carbonyl (C=O) groups is 1. The number of aromatic nitrogens is 2. The quantitative estimate of drug-likeness (QED) is 0.878. The van der Waals surface area contributed by atoms with Crippen LogP contribution in [0.15, 0.2) is 36.8 Å². The van der Waals surface area contributed by atoms with E-state index in [1.807, 2.05) is 26.0 Å². The molecule has 2 aromatic heterocycles. The molecule has 0 aromatic carbocycles. The summed E-state index contributed by atoms with van der Waals surface area (Å²) in [4.78, 5) is 20.2. The van der Waals surface area contributed by atoms with E-state index in [1.54, 1.807) is 18.5 Å². The van der Waals surface area contributed by atoms with Gasteiger partial charge in [0.2, 0.25) is 0 Å². The normalized spacial score (nSPS) is 11.9. The Morgan fingerprint density at radius 3 is 2.68 bits per heavy atom. The highest BCUT2D eigenvalue weighted by atomic mass is 16.1. The summed E-state index contributed by atoms with van der Waals surface area (Å²) in [5.74, 6) is -0.227. The Kier molecular flexibility index (Phi) is 3.75. The zero-order valence-electron chi connectivity index (χ0n) is 10.9. The Balaban J connectivity index is 2.13. The van der Waals surface area contributed by atoms with Gasteiger partial charge in [-0.15, -0.1) is 0 Å². The zero-order chi connectivity index (χ0) is 13.8. The summed E-state index contributed by atoms with van der Waals surface area (Å²) in [5.41, 5.74) is 8.43. The van der Waals surface area contributed by atoms with Gasteiger partial charge in [0.15, 0.2) is 0 Å². The molecule has 0 spiro atoms. The van der Waals surface area contributed by atoms with Gasteiger partial charge in [-0.2, -0.15) is 0 Å². The van der Waals surface area contributed by atoms with E-state index in [2.05, 4.69) is 15.3 Å². The Hall–Kier alpha value is -2.43. The fourth-order valence-electron chi connectivity index (χ4n) is 1.78. The average Bonchev–Trinajstić information content (AvgIpc) is 2.39. The second kappa shape index (κ2) is 5.48. The molecule has 5 heteroatoms. The topological polar surface area (TPSA) is 80.9 Å². The van der Waals surface area contributed by atoms with E-state index in [9.17, 15) is 4.79 Å². The molecule has 0 aliphatic rings. The van der Waals surface area contributed by atoms with Gasteiger partial charge in [-0.3, -0.25) is 14.8 Å². The Morgan fingerprint density at radius 2 is 2.05 bits per heavy atom. The molecule has 0 bridgehead atoms. The maximum absolute atomic E-state index is 12.1. The molecule has 0 radical (unpaired) electrons. The Bertz CT molecular complexity index is 583. The van der Waals surface area contributed by atoms with Gasteiger partial charge in [-0.1, -0.05) is 0 Å². The van der Waals surface area contributed by atoms with Crippen molar-refractivity contribution < 1.29 is 4.79 Å². The van der Waals surface area contributed by atoms with E-state index in [1.165, 1.54) is 6.20 Å². The van der Waals surface area contributed by atoms with E-state index in [0.717, 1.165) is 11.3 Å². The van der Waals surface area contributed by atoms with Crippen LogP contribution in [-0.4, -0.2) is 15.9 Å². The first-order chi connectivity index (χ1) is 9.08. The number of hydrogen-bond donors (Lipinski definition) is 2. The first-order valence-corrected chi connectivity index (χ1v) is 6.01. The number of aryl methyl sites for hydroxylation is 1. The lowest BCUT2D eigenvalue weighted by molar-refractivity contribution is 0.0940. The number of pyridine rings is 2. The summed E-state index contributed by atoms with van der Waals surface area (Å²) in [6.07, 6.45) is 4.89. The van der Waals surface area contributed by atoms with Gasteiger partial charge in [-0.25, -0.2) is 0 Å². The molecule has 1 unspecified atom stereocenters. The average molecular weight is 256 g/mol. The van der Waals surface area contributed by atoms with E-state index < -0.39 is 0 Å². The van der Waals surface area contributed by atoms with Crippen LogP contribution in [0.25, 0.3) is 0 Å². The van der Waals surface area contributed by atoms with Crippen molar-refractivity contribution in [3.8, 4) is 0 Å². The molecule has 5 nitrogen and oxygen atoms in total. The number of anilines is 1. The van der Waals surface area contributed by atoms with Crippen LogP contribution in [0.3, 0.4) is 0 Å². The van der Waals surface area contributed by atoms with Gasteiger partial charge in [0.1, 0.15) is 0 Å². The number of nitrogen functional groups attached to an aromatic ring is 1. The lowest BCUT2D eigenvalue weighted by atomic mass is 10.1. The van der Waals surface area contributed by atoms with Crippen molar-refractivity contribution in [1.82, 2.24) is 15.3 Å². The lowest BCUT2D eigenvalue weighted by Gasteiger charge is -2.14. The lowest BCUT2D eigenvalue weighted by Crippen LogP contribution is -2.27. The van der Waals surface area contributed by atoms with Gasteiger partial charge in [0.05, 0.1) is 11.6 Å². The molecular formula is C14H16N4O. The largest absolute Gasteiger partial charge is 0.398 e. The fraction of sp³-hybridized carbons (Fsp3) is 0.214. The maximum Gasteiger partial charge on any atom is 0.255 e. The number of amides is 1. The van der Waals surface area contributed by atoms with Crippen molar-refractivity contribution in [3.63, 3.8) is 0 Å². The maximum atomic E-state index is 12.1. The minimum atomic E-state index is -0.227. The molecule has 0 saturated heterocycles. The van der Waals surface area contributed by atoms with Crippen LogP contribution >= 0.6 is 0 Å². The molecule has 0 fully saturated rings. The molecule has 1 amide bonds. The van der Waals surface area contributed by atoms with Crippen molar-refractivity contribution in [1.29, 1.82) is 0 Å².